The maximum Gasteiger partial charge on any atom is 0.253 e. The van der Waals surface area contributed by atoms with E-state index in [9.17, 15) is 14.0 Å². The highest BCUT2D eigenvalue weighted by Crippen LogP contribution is 2.07. The number of carbonyl (C=O) groups excluding carboxylic acids is 2. The Morgan fingerprint density at radius 3 is 2.05 bits per heavy atom. The van der Waals surface area contributed by atoms with Gasteiger partial charge in [0.25, 0.3) is 11.8 Å². The molecule has 0 saturated heterocycles. The first-order valence-corrected chi connectivity index (χ1v) is 6.82. The molecule has 4 nitrogen and oxygen atoms in total. The lowest BCUT2D eigenvalue weighted by atomic mass is 10.1. The van der Waals surface area contributed by atoms with E-state index in [1.807, 2.05) is 0 Å². The summed E-state index contributed by atoms with van der Waals surface area (Å²) in [5.74, 6) is -0.715. The molecule has 0 aromatic heterocycles. The van der Waals surface area contributed by atoms with E-state index in [2.05, 4.69) is 5.32 Å². The number of halogens is 1. The van der Waals surface area contributed by atoms with Crippen molar-refractivity contribution in [3.63, 3.8) is 0 Å². The SMILES string of the molecule is CN(C)C(=O)c1ccc(CNC(=O)c2ccc(F)cc2)cc1. The van der Waals surface area contributed by atoms with E-state index in [0.717, 1.165) is 5.56 Å². The lowest BCUT2D eigenvalue weighted by Crippen LogP contribution is -2.23. The first-order chi connectivity index (χ1) is 10.5. The number of hydrogen-bond acceptors (Lipinski definition) is 2. The highest BCUT2D eigenvalue weighted by Gasteiger charge is 2.08. The van der Waals surface area contributed by atoms with E-state index in [0.29, 0.717) is 17.7 Å². The van der Waals surface area contributed by atoms with Crippen LogP contribution < -0.4 is 5.32 Å². The van der Waals surface area contributed by atoms with E-state index in [-0.39, 0.29) is 17.6 Å². The highest BCUT2D eigenvalue weighted by atomic mass is 19.1. The van der Waals surface area contributed by atoms with Crippen LogP contribution in [0.15, 0.2) is 48.5 Å². The van der Waals surface area contributed by atoms with Gasteiger partial charge >= 0.3 is 0 Å². The van der Waals surface area contributed by atoms with Crippen molar-refractivity contribution in [3.8, 4) is 0 Å². The second-order valence-electron chi connectivity index (χ2n) is 5.09. The normalized spacial score (nSPS) is 10.1. The largest absolute Gasteiger partial charge is 0.348 e. The Labute approximate surface area is 128 Å². The van der Waals surface area contributed by atoms with E-state index < -0.39 is 0 Å². The van der Waals surface area contributed by atoms with Gasteiger partial charge in [-0.1, -0.05) is 12.1 Å². The first kappa shape index (κ1) is 15.7. The molecule has 0 radical (unpaired) electrons. The van der Waals surface area contributed by atoms with Gasteiger partial charge in [-0.05, 0) is 42.0 Å². The molecule has 0 bridgehead atoms. The summed E-state index contributed by atoms with van der Waals surface area (Å²) in [7, 11) is 3.39. The fourth-order valence-electron chi connectivity index (χ4n) is 1.91. The third kappa shape index (κ3) is 3.91. The summed E-state index contributed by atoms with van der Waals surface area (Å²) in [6.45, 7) is 0.340. The molecule has 0 aliphatic carbocycles. The molecule has 22 heavy (non-hydrogen) atoms. The van der Waals surface area contributed by atoms with Crippen molar-refractivity contribution in [2.75, 3.05) is 14.1 Å². The van der Waals surface area contributed by atoms with Gasteiger partial charge in [0.05, 0.1) is 0 Å². The minimum Gasteiger partial charge on any atom is -0.348 e. The van der Waals surface area contributed by atoms with E-state index in [4.69, 9.17) is 0 Å². The average molecular weight is 300 g/mol. The zero-order chi connectivity index (χ0) is 16.1. The predicted molar refractivity (Wildman–Crippen MR) is 82.0 cm³/mol. The van der Waals surface area contributed by atoms with Crippen LogP contribution in [0.2, 0.25) is 0 Å². The molecule has 0 heterocycles. The van der Waals surface area contributed by atoms with Crippen LogP contribution in [0.25, 0.3) is 0 Å². The van der Waals surface area contributed by atoms with Crippen LogP contribution in [0.5, 0.6) is 0 Å². The van der Waals surface area contributed by atoms with Gasteiger partial charge in [-0.2, -0.15) is 0 Å². The number of rotatable bonds is 4. The van der Waals surface area contributed by atoms with Crippen molar-refractivity contribution in [2.45, 2.75) is 6.54 Å². The molecule has 5 heteroatoms. The average Bonchev–Trinajstić information content (AvgIpc) is 2.53. The number of hydrogen-bond donors (Lipinski definition) is 1. The van der Waals surface area contributed by atoms with Gasteiger partial charge in [0.2, 0.25) is 0 Å². The minimum atomic E-state index is -0.377. The summed E-state index contributed by atoms with van der Waals surface area (Å²) in [6.07, 6.45) is 0. The lowest BCUT2D eigenvalue weighted by molar-refractivity contribution is 0.0827. The Hall–Kier alpha value is -2.69. The second-order valence-corrected chi connectivity index (χ2v) is 5.09. The fourth-order valence-corrected chi connectivity index (χ4v) is 1.91. The van der Waals surface area contributed by atoms with E-state index >= 15 is 0 Å². The van der Waals surface area contributed by atoms with Gasteiger partial charge in [-0.15, -0.1) is 0 Å². The van der Waals surface area contributed by atoms with E-state index in [1.165, 1.54) is 29.2 Å². The molecule has 2 aromatic rings. The van der Waals surface area contributed by atoms with Crippen LogP contribution in [-0.4, -0.2) is 30.8 Å². The summed E-state index contributed by atoms with van der Waals surface area (Å²) in [5, 5.41) is 2.75. The highest BCUT2D eigenvalue weighted by molar-refractivity contribution is 5.94. The Morgan fingerprint density at radius 1 is 0.955 bits per heavy atom. The van der Waals surface area contributed by atoms with Crippen molar-refractivity contribution >= 4 is 11.8 Å². The number of amides is 2. The number of benzene rings is 2. The molecule has 0 saturated carbocycles. The summed E-state index contributed by atoms with van der Waals surface area (Å²) in [4.78, 5) is 25.2. The lowest BCUT2D eigenvalue weighted by Gasteiger charge is -2.11. The molecule has 2 rings (SSSR count). The maximum absolute atomic E-state index is 12.8. The van der Waals surface area contributed by atoms with Crippen molar-refractivity contribution in [1.29, 1.82) is 0 Å². The summed E-state index contributed by atoms with van der Waals surface area (Å²) < 4.78 is 12.8. The fraction of sp³-hybridized carbons (Fsp3) is 0.176. The van der Waals surface area contributed by atoms with Gasteiger partial charge < -0.3 is 10.2 Å². The Bertz CT molecular complexity index is 664. The van der Waals surface area contributed by atoms with Crippen molar-refractivity contribution in [1.82, 2.24) is 10.2 Å². The van der Waals surface area contributed by atoms with Crippen LogP contribution in [-0.2, 0) is 6.54 Å². The zero-order valence-electron chi connectivity index (χ0n) is 12.5. The number of nitrogens with one attached hydrogen (secondary N) is 1. The Morgan fingerprint density at radius 2 is 1.50 bits per heavy atom. The molecule has 0 unspecified atom stereocenters. The third-order valence-corrected chi connectivity index (χ3v) is 3.17. The molecule has 0 spiro atoms. The molecule has 2 aromatic carbocycles. The van der Waals surface area contributed by atoms with Crippen molar-refractivity contribution in [2.24, 2.45) is 0 Å². The molecule has 1 N–H and O–H groups in total. The molecular formula is C17H17FN2O2. The molecule has 0 atom stereocenters. The van der Waals surface area contributed by atoms with Crippen molar-refractivity contribution in [3.05, 3.63) is 71.0 Å². The number of carbonyl (C=O) groups is 2. The minimum absolute atomic E-state index is 0.0677. The van der Waals surface area contributed by atoms with Gasteiger partial charge in [-0.3, -0.25) is 9.59 Å². The van der Waals surface area contributed by atoms with Gasteiger partial charge in [0.1, 0.15) is 5.82 Å². The quantitative estimate of drug-likeness (QED) is 0.943. The second kappa shape index (κ2) is 6.85. The molecular weight excluding hydrogens is 283 g/mol. The topological polar surface area (TPSA) is 49.4 Å². The standard InChI is InChI=1S/C17H17FN2O2/c1-20(2)17(22)14-5-3-12(4-6-14)11-19-16(21)13-7-9-15(18)10-8-13/h3-10H,11H2,1-2H3,(H,19,21). The summed E-state index contributed by atoms with van der Waals surface area (Å²) in [5.41, 5.74) is 1.88. The first-order valence-electron chi connectivity index (χ1n) is 6.82. The van der Waals surface area contributed by atoms with Crippen LogP contribution in [0.1, 0.15) is 26.3 Å². The Balaban J connectivity index is 1.95. The molecule has 114 valence electrons. The molecule has 0 aliphatic heterocycles. The monoisotopic (exact) mass is 300 g/mol. The Kier molecular flexibility index (Phi) is 4.88. The molecule has 0 aliphatic rings. The predicted octanol–water partition coefficient (Wildman–Crippen LogP) is 2.46. The molecule has 0 fully saturated rings. The zero-order valence-corrected chi connectivity index (χ0v) is 12.5. The van der Waals surface area contributed by atoms with Crippen LogP contribution >= 0.6 is 0 Å². The van der Waals surface area contributed by atoms with Crippen LogP contribution in [0.4, 0.5) is 4.39 Å². The summed E-state index contributed by atoms with van der Waals surface area (Å²) in [6, 6.07) is 12.4. The smallest absolute Gasteiger partial charge is 0.253 e. The maximum atomic E-state index is 12.8. The van der Waals surface area contributed by atoms with E-state index in [1.54, 1.807) is 38.4 Å². The van der Waals surface area contributed by atoms with Gasteiger partial charge in [0, 0.05) is 31.8 Å². The number of nitrogens with zero attached hydrogens (tertiary/aromatic N) is 1. The van der Waals surface area contributed by atoms with Crippen LogP contribution in [0, 0.1) is 5.82 Å². The molecule has 2 amide bonds. The van der Waals surface area contributed by atoms with Crippen LogP contribution in [0.3, 0.4) is 0 Å². The summed E-state index contributed by atoms with van der Waals surface area (Å²) >= 11 is 0. The van der Waals surface area contributed by atoms with Crippen molar-refractivity contribution < 1.29 is 14.0 Å². The van der Waals surface area contributed by atoms with Gasteiger partial charge in [-0.25, -0.2) is 4.39 Å². The third-order valence-electron chi connectivity index (χ3n) is 3.17. The van der Waals surface area contributed by atoms with Gasteiger partial charge in [0.15, 0.2) is 0 Å².